The van der Waals surface area contributed by atoms with E-state index in [-0.39, 0.29) is 12.5 Å². The first kappa shape index (κ1) is 75.4. The topological polar surface area (TPSA) is 149 Å². The minimum absolute atomic E-state index is 0.185. The molecule has 464 valence electrons. The molecule has 9 nitrogen and oxygen atoms in total. The van der Waals surface area contributed by atoms with E-state index in [2.05, 4.69) is 92.1 Å². The molecule has 6 N–H and O–H groups in total. The molecular weight excluding hydrogens is 995 g/mol. The number of unbranched alkanes of at least 4 members (excludes halogenated alkanes) is 36. The van der Waals surface area contributed by atoms with Gasteiger partial charge in [-0.1, -0.05) is 311 Å². The molecule has 80 heavy (non-hydrogen) atoms. The minimum atomic E-state index is -1.57. The maximum Gasteiger partial charge on any atom is 0.220 e. The number of carbonyl (C=O) groups excluding carboxylic acids is 1. The van der Waals surface area contributed by atoms with Crippen molar-refractivity contribution in [3.63, 3.8) is 0 Å². The van der Waals surface area contributed by atoms with Crippen LogP contribution < -0.4 is 5.32 Å². The molecule has 1 saturated heterocycles. The molecule has 1 aliphatic rings. The Kier molecular flexibility index (Phi) is 56.1. The molecule has 0 bridgehead atoms. The monoisotopic (exact) mass is 1120 g/mol. The fourth-order valence-corrected chi connectivity index (χ4v) is 10.5. The lowest BCUT2D eigenvalue weighted by Crippen LogP contribution is -2.60. The van der Waals surface area contributed by atoms with Gasteiger partial charge in [-0.2, -0.15) is 0 Å². The van der Waals surface area contributed by atoms with Crippen molar-refractivity contribution in [2.24, 2.45) is 0 Å². The molecule has 7 atom stereocenters. The summed E-state index contributed by atoms with van der Waals surface area (Å²) in [6.45, 7) is 3.69. The molecule has 1 aliphatic heterocycles. The number of nitrogens with one attached hydrogen (secondary N) is 1. The fourth-order valence-electron chi connectivity index (χ4n) is 10.5. The molecule has 1 amide bonds. The molecule has 9 heteroatoms. The summed E-state index contributed by atoms with van der Waals surface area (Å²) in [6, 6.07) is -0.817. The third-order valence-corrected chi connectivity index (χ3v) is 15.7. The van der Waals surface area contributed by atoms with Gasteiger partial charge in [-0.3, -0.25) is 4.79 Å². The Morgan fingerprint density at radius 1 is 0.438 bits per heavy atom. The summed E-state index contributed by atoms with van der Waals surface area (Å²) in [4.78, 5) is 13.1. The first-order chi connectivity index (χ1) is 39.3. The van der Waals surface area contributed by atoms with Gasteiger partial charge < -0.3 is 40.3 Å². The molecule has 1 heterocycles. The van der Waals surface area contributed by atoms with Crippen LogP contribution in [-0.4, -0.2) is 87.5 Å². The average molecular weight is 1120 g/mol. The summed E-state index contributed by atoms with van der Waals surface area (Å²) in [7, 11) is 0. The van der Waals surface area contributed by atoms with Gasteiger partial charge in [-0.25, -0.2) is 0 Å². The third-order valence-electron chi connectivity index (χ3n) is 15.7. The lowest BCUT2D eigenvalue weighted by atomic mass is 9.99. The summed E-state index contributed by atoms with van der Waals surface area (Å²) in [5, 5.41) is 54.7. The van der Waals surface area contributed by atoms with E-state index in [1.165, 1.54) is 193 Å². The summed E-state index contributed by atoms with van der Waals surface area (Å²) < 4.78 is 11.3. The van der Waals surface area contributed by atoms with Crippen LogP contribution in [0.1, 0.15) is 303 Å². The van der Waals surface area contributed by atoms with Crippen LogP contribution in [0, 0.1) is 0 Å². The van der Waals surface area contributed by atoms with Crippen LogP contribution in [0.2, 0.25) is 0 Å². The van der Waals surface area contributed by atoms with Crippen molar-refractivity contribution in [2.75, 3.05) is 13.2 Å². The van der Waals surface area contributed by atoms with Gasteiger partial charge in [0.05, 0.1) is 25.4 Å². The lowest BCUT2D eigenvalue weighted by Gasteiger charge is -2.40. The maximum atomic E-state index is 13.1. The summed E-state index contributed by atoms with van der Waals surface area (Å²) in [6.07, 6.45) is 78.2. The van der Waals surface area contributed by atoms with Crippen LogP contribution in [0.5, 0.6) is 0 Å². The molecule has 0 aromatic rings. The van der Waals surface area contributed by atoms with E-state index >= 15 is 0 Å². The zero-order valence-electron chi connectivity index (χ0n) is 51.8. The molecule has 1 rings (SSSR count). The van der Waals surface area contributed by atoms with Gasteiger partial charge in [0.2, 0.25) is 5.91 Å². The van der Waals surface area contributed by atoms with Crippen molar-refractivity contribution < 1.29 is 39.8 Å². The number of aliphatic hydroxyl groups excluding tert-OH is 5. The van der Waals surface area contributed by atoms with E-state index in [0.717, 1.165) is 89.9 Å². The lowest BCUT2D eigenvalue weighted by molar-refractivity contribution is -0.302. The third kappa shape index (κ3) is 47.8. The van der Waals surface area contributed by atoms with Crippen LogP contribution >= 0.6 is 0 Å². The highest BCUT2D eigenvalue weighted by molar-refractivity contribution is 5.76. The van der Waals surface area contributed by atoms with Crippen LogP contribution in [0.25, 0.3) is 0 Å². The maximum absolute atomic E-state index is 13.1. The molecule has 1 fully saturated rings. The number of aliphatic hydroxyl groups is 5. The molecule has 0 aromatic carbocycles. The molecular formula is C71H127NO8. The number of hydrogen-bond acceptors (Lipinski definition) is 8. The van der Waals surface area contributed by atoms with E-state index < -0.39 is 49.5 Å². The highest BCUT2D eigenvalue weighted by atomic mass is 16.7. The number of carbonyl (C=O) groups is 1. The zero-order chi connectivity index (χ0) is 57.9. The summed E-state index contributed by atoms with van der Waals surface area (Å²) >= 11 is 0. The second-order valence-corrected chi connectivity index (χ2v) is 23.2. The van der Waals surface area contributed by atoms with Crippen molar-refractivity contribution in [1.29, 1.82) is 0 Å². The van der Waals surface area contributed by atoms with Crippen molar-refractivity contribution in [3.8, 4) is 0 Å². The highest BCUT2D eigenvalue weighted by Gasteiger charge is 2.44. The van der Waals surface area contributed by atoms with E-state index in [0.29, 0.717) is 6.42 Å². The highest BCUT2D eigenvalue weighted by Crippen LogP contribution is 2.23. The Morgan fingerprint density at radius 3 is 1.15 bits per heavy atom. The van der Waals surface area contributed by atoms with E-state index in [4.69, 9.17) is 9.47 Å². The largest absolute Gasteiger partial charge is 0.394 e. The molecule has 0 radical (unpaired) electrons. The number of amides is 1. The first-order valence-electron chi connectivity index (χ1n) is 33.8. The van der Waals surface area contributed by atoms with Crippen molar-refractivity contribution in [2.45, 2.75) is 346 Å². The van der Waals surface area contributed by atoms with Gasteiger partial charge in [-0.15, -0.1) is 0 Å². The molecule has 0 saturated carbocycles. The SMILES string of the molecule is CC/C=C\C/C=C\C/C=C\C/C=C\C/C=C\C/C=C\CCCCCCCCCCC(=O)NC(COC1OC(CO)C(O)C(O)C1O)C(O)/C=C/CCCCCCCCCCCCCCCCCCCCCCCCCCCCCC. The number of ether oxygens (including phenoxy) is 2. The fraction of sp³-hybridized carbons (Fsp3) is 0.789. The Balaban J connectivity index is 2.17. The normalized spacial score (nSPS) is 19.0. The van der Waals surface area contributed by atoms with E-state index in [1.54, 1.807) is 6.08 Å². The second kappa shape index (κ2) is 59.5. The smallest absolute Gasteiger partial charge is 0.220 e. The van der Waals surface area contributed by atoms with Crippen LogP contribution in [-0.2, 0) is 14.3 Å². The molecule has 0 spiro atoms. The van der Waals surface area contributed by atoms with E-state index in [9.17, 15) is 30.3 Å². The van der Waals surface area contributed by atoms with Crippen LogP contribution in [0.15, 0.2) is 85.1 Å². The Morgan fingerprint density at radius 2 is 0.775 bits per heavy atom. The summed E-state index contributed by atoms with van der Waals surface area (Å²) in [5.74, 6) is -0.185. The number of hydrogen-bond donors (Lipinski definition) is 6. The minimum Gasteiger partial charge on any atom is -0.394 e. The van der Waals surface area contributed by atoms with Gasteiger partial charge in [0.15, 0.2) is 6.29 Å². The Labute approximate surface area is 492 Å². The van der Waals surface area contributed by atoms with Gasteiger partial charge in [0.25, 0.3) is 0 Å². The van der Waals surface area contributed by atoms with Gasteiger partial charge in [0, 0.05) is 6.42 Å². The van der Waals surface area contributed by atoms with Crippen molar-refractivity contribution in [3.05, 3.63) is 85.1 Å². The van der Waals surface area contributed by atoms with Gasteiger partial charge in [-0.05, 0) is 70.6 Å². The standard InChI is InChI=1S/C71H127NO8/c1-3-5-7-9-11-13-15-17-19-21-23-25-27-29-31-32-33-35-36-38-40-42-44-46-48-50-52-54-56-58-60-65(74)64(63-79-71-70(78)69(77)68(76)66(62-73)80-71)72-67(75)61-59-57-55-53-51-49-47-45-43-41-39-37-34-30-28-26-24-22-20-18-16-14-12-10-8-6-4-2/h6,8,12,14,18,20,24,26,30,34,39,41,58,60,64-66,68-71,73-74,76-78H,3-5,7,9-11,13,15-17,19,21-23,25,27-29,31-33,35-38,40,42-57,59,61-63H2,1-2H3,(H,72,75)/b8-6-,14-12-,20-18-,26-24-,34-30-,41-39-,60-58+. The zero-order valence-corrected chi connectivity index (χ0v) is 51.8. The predicted molar refractivity (Wildman–Crippen MR) is 341 cm³/mol. The van der Waals surface area contributed by atoms with Gasteiger partial charge in [0.1, 0.15) is 24.4 Å². The number of allylic oxidation sites excluding steroid dienone is 13. The van der Waals surface area contributed by atoms with Crippen molar-refractivity contribution in [1.82, 2.24) is 5.32 Å². The second-order valence-electron chi connectivity index (χ2n) is 23.2. The molecule has 0 aliphatic carbocycles. The predicted octanol–water partition coefficient (Wildman–Crippen LogP) is 18.1. The first-order valence-corrected chi connectivity index (χ1v) is 33.8. The van der Waals surface area contributed by atoms with Crippen LogP contribution in [0.4, 0.5) is 0 Å². The van der Waals surface area contributed by atoms with E-state index in [1.807, 2.05) is 6.08 Å². The molecule has 7 unspecified atom stereocenters. The quantitative estimate of drug-likeness (QED) is 0.0261. The Hall–Kier alpha value is -2.63. The number of rotatable bonds is 58. The van der Waals surface area contributed by atoms with Crippen LogP contribution in [0.3, 0.4) is 0 Å². The van der Waals surface area contributed by atoms with Gasteiger partial charge >= 0.3 is 0 Å². The van der Waals surface area contributed by atoms with Crippen molar-refractivity contribution >= 4 is 5.91 Å². The molecule has 0 aromatic heterocycles. The Bertz CT molecular complexity index is 1540. The summed E-state index contributed by atoms with van der Waals surface area (Å²) in [5.41, 5.74) is 0. The average Bonchev–Trinajstić information content (AvgIpc) is 3.46.